The molecule has 0 saturated carbocycles. The van der Waals surface area contributed by atoms with E-state index in [2.05, 4.69) is 26.0 Å². The zero-order valence-electron chi connectivity index (χ0n) is 52.2. The van der Waals surface area contributed by atoms with Crippen molar-refractivity contribution in [1.29, 1.82) is 0 Å². The molecule has 0 saturated heterocycles. The maximum absolute atomic E-state index is 12.9. The van der Waals surface area contributed by atoms with Gasteiger partial charge in [0.2, 0.25) is 0 Å². The maximum atomic E-state index is 12.9. The molecule has 0 aliphatic carbocycles. The number of quaternary nitrogens is 1. The summed E-state index contributed by atoms with van der Waals surface area (Å²) in [5.74, 6) is -1.97. The van der Waals surface area contributed by atoms with E-state index in [1.165, 1.54) is 283 Å². The van der Waals surface area contributed by atoms with Crippen molar-refractivity contribution in [1.82, 2.24) is 0 Å². The standard InChI is InChI=1S/C68H131NO8/c1-6-8-10-12-14-16-18-20-22-24-26-28-30-31-32-33-34-35-37-39-41-43-45-47-49-51-53-55-57-59-66(71)77-64(63-76-68(67(72)73)74-61-60-69(3,4)5)62-75-65(70)58-56-54-52-50-48-46-44-42-40-38-36-29-27-25-23-21-19-17-15-13-11-9-7-2/h24,26,64,68H,6-23,25,27-63H2,1-5H3/p+1/b26-24-. The number of hydrogen-bond donors (Lipinski definition) is 1. The van der Waals surface area contributed by atoms with Gasteiger partial charge in [0, 0.05) is 12.8 Å². The Balaban J connectivity index is 4.08. The van der Waals surface area contributed by atoms with E-state index in [-0.39, 0.29) is 38.2 Å². The molecule has 0 aromatic heterocycles. The Hall–Kier alpha value is -1.97. The Bertz CT molecular complexity index is 1270. The van der Waals surface area contributed by atoms with Crippen molar-refractivity contribution >= 4 is 17.9 Å². The van der Waals surface area contributed by atoms with Crippen LogP contribution in [-0.2, 0) is 33.3 Å². The number of carbonyl (C=O) groups excluding carboxylic acids is 2. The van der Waals surface area contributed by atoms with Crippen LogP contribution in [0.1, 0.15) is 348 Å². The number of hydrogen-bond acceptors (Lipinski definition) is 7. The fourth-order valence-corrected chi connectivity index (χ4v) is 10.3. The second-order valence-electron chi connectivity index (χ2n) is 24.5. The predicted octanol–water partition coefficient (Wildman–Crippen LogP) is 20.5. The molecule has 2 atom stereocenters. The second kappa shape index (κ2) is 60.1. The first-order valence-corrected chi connectivity index (χ1v) is 33.9. The summed E-state index contributed by atoms with van der Waals surface area (Å²) in [6.45, 7) is 4.96. The smallest absolute Gasteiger partial charge is 0.361 e. The third-order valence-electron chi connectivity index (χ3n) is 15.5. The molecule has 0 heterocycles. The zero-order chi connectivity index (χ0) is 56.2. The van der Waals surface area contributed by atoms with Gasteiger partial charge in [-0.15, -0.1) is 0 Å². The fourth-order valence-electron chi connectivity index (χ4n) is 10.3. The van der Waals surface area contributed by atoms with E-state index in [1.54, 1.807) is 0 Å². The van der Waals surface area contributed by atoms with E-state index in [4.69, 9.17) is 18.9 Å². The van der Waals surface area contributed by atoms with Gasteiger partial charge >= 0.3 is 17.9 Å². The summed E-state index contributed by atoms with van der Waals surface area (Å²) in [6, 6.07) is 0. The third-order valence-corrected chi connectivity index (χ3v) is 15.5. The molecule has 0 spiro atoms. The van der Waals surface area contributed by atoms with Gasteiger partial charge in [-0.1, -0.05) is 309 Å². The minimum absolute atomic E-state index is 0.174. The minimum Gasteiger partial charge on any atom is -0.477 e. The number of likely N-dealkylation sites (N-methyl/N-ethyl adjacent to an activating group) is 1. The average Bonchev–Trinajstić information content (AvgIpc) is 3.40. The first-order chi connectivity index (χ1) is 37.6. The van der Waals surface area contributed by atoms with Crippen LogP contribution in [0.2, 0.25) is 0 Å². The van der Waals surface area contributed by atoms with Crippen LogP contribution in [-0.4, -0.2) is 87.4 Å². The molecule has 9 nitrogen and oxygen atoms in total. The van der Waals surface area contributed by atoms with Crippen LogP contribution in [0.25, 0.3) is 0 Å². The van der Waals surface area contributed by atoms with Crippen LogP contribution >= 0.6 is 0 Å². The second-order valence-corrected chi connectivity index (χ2v) is 24.5. The Morgan fingerprint density at radius 3 is 0.961 bits per heavy atom. The molecular formula is C68H132NO8+. The molecule has 456 valence electrons. The quantitative estimate of drug-likeness (QED) is 0.0211. The lowest BCUT2D eigenvalue weighted by molar-refractivity contribution is -0.870. The van der Waals surface area contributed by atoms with E-state index in [0.717, 1.165) is 38.5 Å². The highest BCUT2D eigenvalue weighted by Gasteiger charge is 2.25. The van der Waals surface area contributed by atoms with Gasteiger partial charge in [0.25, 0.3) is 6.29 Å². The van der Waals surface area contributed by atoms with Crippen molar-refractivity contribution in [2.24, 2.45) is 0 Å². The first-order valence-electron chi connectivity index (χ1n) is 33.9. The molecule has 9 heteroatoms. The Kier molecular flexibility index (Phi) is 58.6. The van der Waals surface area contributed by atoms with E-state index in [0.29, 0.717) is 17.4 Å². The van der Waals surface area contributed by atoms with Gasteiger partial charge < -0.3 is 28.5 Å². The average molecular weight is 1090 g/mol. The molecule has 0 radical (unpaired) electrons. The summed E-state index contributed by atoms with van der Waals surface area (Å²) in [5, 5.41) is 9.73. The Morgan fingerprint density at radius 2 is 0.662 bits per heavy atom. The maximum Gasteiger partial charge on any atom is 0.361 e. The van der Waals surface area contributed by atoms with Crippen molar-refractivity contribution in [2.45, 2.75) is 360 Å². The van der Waals surface area contributed by atoms with E-state index >= 15 is 0 Å². The molecule has 77 heavy (non-hydrogen) atoms. The van der Waals surface area contributed by atoms with Gasteiger partial charge in [0.1, 0.15) is 13.2 Å². The number of carboxylic acids is 1. The van der Waals surface area contributed by atoms with Crippen LogP contribution in [0.15, 0.2) is 12.2 Å². The summed E-state index contributed by atoms with van der Waals surface area (Å²) in [5.41, 5.74) is 0. The van der Waals surface area contributed by atoms with Crippen molar-refractivity contribution in [3.63, 3.8) is 0 Å². The molecule has 2 unspecified atom stereocenters. The molecule has 0 amide bonds. The first kappa shape index (κ1) is 75.0. The normalized spacial score (nSPS) is 12.7. The highest BCUT2D eigenvalue weighted by molar-refractivity contribution is 5.71. The van der Waals surface area contributed by atoms with Crippen LogP contribution in [0.3, 0.4) is 0 Å². The van der Waals surface area contributed by atoms with Crippen LogP contribution in [0.5, 0.6) is 0 Å². The number of rotatable bonds is 64. The van der Waals surface area contributed by atoms with Crippen molar-refractivity contribution in [3.8, 4) is 0 Å². The zero-order valence-corrected chi connectivity index (χ0v) is 52.2. The van der Waals surface area contributed by atoms with E-state index in [9.17, 15) is 19.5 Å². The number of aliphatic carboxylic acids is 1. The number of unbranched alkanes of at least 4 members (excludes halogenated alkanes) is 47. The van der Waals surface area contributed by atoms with Crippen molar-refractivity contribution in [3.05, 3.63) is 12.2 Å². The summed E-state index contributed by atoms with van der Waals surface area (Å²) in [4.78, 5) is 37.6. The number of nitrogens with zero attached hydrogens (tertiary/aromatic N) is 1. The summed E-state index contributed by atoms with van der Waals surface area (Å²) >= 11 is 0. The fraction of sp³-hybridized carbons (Fsp3) is 0.926. The van der Waals surface area contributed by atoms with Gasteiger partial charge in [0.15, 0.2) is 6.10 Å². The van der Waals surface area contributed by atoms with Gasteiger partial charge in [-0.2, -0.15) is 0 Å². The van der Waals surface area contributed by atoms with Gasteiger partial charge in [-0.25, -0.2) is 4.79 Å². The lowest BCUT2D eigenvalue weighted by Gasteiger charge is -2.25. The molecule has 0 aliphatic rings. The number of esters is 2. The molecule has 1 N–H and O–H groups in total. The predicted molar refractivity (Wildman–Crippen MR) is 328 cm³/mol. The highest BCUT2D eigenvalue weighted by atomic mass is 16.7. The van der Waals surface area contributed by atoms with Gasteiger partial charge in [0.05, 0.1) is 34.4 Å². The molecular weight excluding hydrogens is 959 g/mol. The lowest BCUT2D eigenvalue weighted by atomic mass is 10.0. The molecule has 0 aromatic carbocycles. The third kappa shape index (κ3) is 61.5. The topological polar surface area (TPSA) is 108 Å². The number of ether oxygens (including phenoxy) is 4. The monoisotopic (exact) mass is 1090 g/mol. The van der Waals surface area contributed by atoms with Crippen LogP contribution in [0.4, 0.5) is 0 Å². The van der Waals surface area contributed by atoms with Gasteiger partial charge in [-0.05, 0) is 38.5 Å². The SMILES string of the molecule is CCCCCCCCCC/C=C\CCCCCCCCCCCCCCCCCCCC(=O)OC(COC(=O)CCCCCCCCCCCCCCCCCCCCCCCCC)COC(OCC[N+](C)(C)C)C(=O)O. The molecule has 0 fully saturated rings. The summed E-state index contributed by atoms with van der Waals surface area (Å²) in [7, 11) is 5.99. The molecule has 0 aromatic rings. The van der Waals surface area contributed by atoms with Crippen LogP contribution < -0.4 is 0 Å². The Labute approximate surface area is 478 Å². The molecule has 0 aliphatic heterocycles. The molecule has 0 rings (SSSR count). The van der Waals surface area contributed by atoms with Crippen LogP contribution in [0, 0.1) is 0 Å². The largest absolute Gasteiger partial charge is 0.477 e. The number of carbonyl (C=O) groups is 3. The van der Waals surface area contributed by atoms with Crippen molar-refractivity contribution < 1.29 is 42.9 Å². The Morgan fingerprint density at radius 1 is 0.377 bits per heavy atom. The number of allylic oxidation sites excluding steroid dienone is 2. The highest BCUT2D eigenvalue weighted by Crippen LogP contribution is 2.19. The minimum atomic E-state index is -1.51. The summed E-state index contributed by atoms with van der Waals surface area (Å²) in [6.07, 6.45) is 68.9. The summed E-state index contributed by atoms with van der Waals surface area (Å²) < 4.78 is 23.0. The lowest BCUT2D eigenvalue weighted by Crippen LogP contribution is -2.40. The van der Waals surface area contributed by atoms with E-state index in [1.807, 2.05) is 21.1 Å². The van der Waals surface area contributed by atoms with E-state index < -0.39 is 18.4 Å². The van der Waals surface area contributed by atoms with Gasteiger partial charge in [-0.3, -0.25) is 9.59 Å². The molecule has 0 bridgehead atoms. The van der Waals surface area contributed by atoms with Crippen molar-refractivity contribution in [2.75, 3.05) is 47.5 Å². The number of carboxylic acid groups (broad SMARTS) is 1.